The zero-order valence-electron chi connectivity index (χ0n) is 16.1. The lowest BCUT2D eigenvalue weighted by atomic mass is 9.96. The molecule has 1 fully saturated rings. The summed E-state index contributed by atoms with van der Waals surface area (Å²) in [7, 11) is 0. The summed E-state index contributed by atoms with van der Waals surface area (Å²) in [6.07, 6.45) is 7.34. The summed E-state index contributed by atoms with van der Waals surface area (Å²) in [6, 6.07) is -0.353. The van der Waals surface area contributed by atoms with Crippen LogP contribution in [0.2, 0.25) is 0 Å². The second kappa shape index (κ2) is 10.9. The van der Waals surface area contributed by atoms with Crippen LogP contribution in [0.15, 0.2) is 23.8 Å². The van der Waals surface area contributed by atoms with E-state index in [2.05, 4.69) is 24.4 Å². The number of thioether (sulfide) groups is 1. The van der Waals surface area contributed by atoms with Crippen molar-refractivity contribution < 1.29 is 24.5 Å². The third kappa shape index (κ3) is 8.07. The van der Waals surface area contributed by atoms with E-state index in [9.17, 15) is 19.8 Å². The average molecular weight is 398 g/mol. The minimum atomic E-state index is -0.820. The molecule has 152 valence electrons. The van der Waals surface area contributed by atoms with E-state index in [0.29, 0.717) is 18.1 Å². The number of carbonyl (C=O) groups is 2. The van der Waals surface area contributed by atoms with Gasteiger partial charge in [0.15, 0.2) is 0 Å². The van der Waals surface area contributed by atoms with Crippen LogP contribution in [0.25, 0.3) is 0 Å². The summed E-state index contributed by atoms with van der Waals surface area (Å²) in [5.41, 5.74) is 0.939. The largest absolute Gasteiger partial charge is 0.459 e. The number of hydrogen-bond donors (Lipinski definition) is 3. The van der Waals surface area contributed by atoms with Crippen molar-refractivity contribution in [3.8, 4) is 0 Å². The lowest BCUT2D eigenvalue weighted by Crippen LogP contribution is -2.41. The molecular formula is C20H31NO5S. The Morgan fingerprint density at radius 3 is 2.85 bits per heavy atom. The van der Waals surface area contributed by atoms with E-state index in [-0.39, 0.29) is 24.1 Å². The van der Waals surface area contributed by atoms with Gasteiger partial charge in [-0.15, -0.1) is 0 Å². The van der Waals surface area contributed by atoms with Gasteiger partial charge in [0.2, 0.25) is 0 Å². The second-order valence-electron chi connectivity index (χ2n) is 7.61. The highest BCUT2D eigenvalue weighted by Gasteiger charge is 2.31. The molecular weight excluding hydrogens is 366 g/mol. The topological polar surface area (TPSA) is 95.9 Å². The van der Waals surface area contributed by atoms with Gasteiger partial charge >= 0.3 is 5.97 Å². The number of aliphatic hydroxyl groups is 2. The highest BCUT2D eigenvalue weighted by Crippen LogP contribution is 2.22. The van der Waals surface area contributed by atoms with Crippen molar-refractivity contribution in [2.24, 2.45) is 5.92 Å². The van der Waals surface area contributed by atoms with Gasteiger partial charge in [-0.3, -0.25) is 4.79 Å². The van der Waals surface area contributed by atoms with E-state index < -0.39 is 24.3 Å². The van der Waals surface area contributed by atoms with Gasteiger partial charge < -0.3 is 20.3 Å². The van der Waals surface area contributed by atoms with Crippen molar-refractivity contribution in [2.45, 2.75) is 76.7 Å². The predicted molar refractivity (Wildman–Crippen MR) is 106 cm³/mol. The number of cyclic esters (lactones) is 1. The van der Waals surface area contributed by atoms with E-state index in [4.69, 9.17) is 4.74 Å². The Bertz CT molecular complexity index is 577. The summed E-state index contributed by atoms with van der Waals surface area (Å²) in [5.74, 6) is 0.423. The molecule has 0 radical (unpaired) electrons. The van der Waals surface area contributed by atoms with Crippen molar-refractivity contribution in [3.63, 3.8) is 0 Å². The molecule has 2 heterocycles. The van der Waals surface area contributed by atoms with Gasteiger partial charge in [0, 0.05) is 24.7 Å². The van der Waals surface area contributed by atoms with Crippen LogP contribution in [0.4, 0.5) is 4.79 Å². The summed E-state index contributed by atoms with van der Waals surface area (Å²) >= 11 is 1.14. The van der Waals surface area contributed by atoms with Crippen LogP contribution in [-0.4, -0.2) is 51.5 Å². The van der Waals surface area contributed by atoms with E-state index in [0.717, 1.165) is 36.6 Å². The molecule has 7 heteroatoms. The summed E-state index contributed by atoms with van der Waals surface area (Å²) < 4.78 is 5.55. The molecule has 2 rings (SSSR count). The molecule has 0 bridgehead atoms. The minimum absolute atomic E-state index is 0.150. The van der Waals surface area contributed by atoms with E-state index in [1.54, 1.807) is 0 Å². The lowest BCUT2D eigenvalue weighted by Gasteiger charge is -2.25. The number of nitrogens with one attached hydrogen (secondary N) is 1. The van der Waals surface area contributed by atoms with Gasteiger partial charge in [0.05, 0.1) is 18.2 Å². The molecule has 6 nitrogen and oxygen atoms in total. The number of amides is 1. The first kappa shape index (κ1) is 22.0. The van der Waals surface area contributed by atoms with Crippen LogP contribution in [0.3, 0.4) is 0 Å². The monoisotopic (exact) mass is 397 g/mol. The summed E-state index contributed by atoms with van der Waals surface area (Å²) in [6.45, 7) is 4.02. The van der Waals surface area contributed by atoms with Crippen molar-refractivity contribution in [3.05, 3.63) is 23.8 Å². The number of hydrogen-bond acceptors (Lipinski definition) is 6. The first-order valence-corrected chi connectivity index (χ1v) is 10.7. The van der Waals surface area contributed by atoms with Gasteiger partial charge in [-0.25, -0.2) is 4.79 Å². The van der Waals surface area contributed by atoms with E-state index >= 15 is 0 Å². The Morgan fingerprint density at radius 2 is 2.15 bits per heavy atom. The fourth-order valence-electron chi connectivity index (χ4n) is 3.32. The first-order valence-electron chi connectivity index (χ1n) is 9.67. The average Bonchev–Trinajstić information content (AvgIpc) is 3.02. The molecule has 0 aromatic rings. The van der Waals surface area contributed by atoms with Gasteiger partial charge in [-0.1, -0.05) is 36.4 Å². The van der Waals surface area contributed by atoms with Crippen LogP contribution >= 0.6 is 11.8 Å². The molecule has 1 unspecified atom stereocenters. The van der Waals surface area contributed by atoms with Gasteiger partial charge in [-0.05, 0) is 38.5 Å². The maximum atomic E-state index is 12.2. The van der Waals surface area contributed by atoms with Gasteiger partial charge in [-0.2, -0.15) is 0 Å². The summed E-state index contributed by atoms with van der Waals surface area (Å²) in [5, 5.41) is 23.4. The SMILES string of the molecule is CC1=CC(=O)O[C@@H](CC(O)[C@@H]2CSC(=O)N2)C[C@H](O)CC[C@H](C)C=CCC1. The van der Waals surface area contributed by atoms with Crippen LogP contribution in [0.1, 0.15) is 52.4 Å². The molecule has 0 aromatic carbocycles. The number of rotatable bonds is 3. The third-order valence-electron chi connectivity index (χ3n) is 4.97. The van der Waals surface area contributed by atoms with Crippen LogP contribution in [0.5, 0.6) is 0 Å². The van der Waals surface area contributed by atoms with Crippen LogP contribution in [0, 0.1) is 5.92 Å². The Kier molecular flexibility index (Phi) is 8.86. The number of carbonyl (C=O) groups excluding carboxylic acids is 2. The normalized spacial score (nSPS) is 32.2. The molecule has 0 saturated carbocycles. The number of allylic oxidation sites excluding steroid dienone is 3. The van der Waals surface area contributed by atoms with Crippen molar-refractivity contribution in [1.82, 2.24) is 5.32 Å². The molecule has 5 atom stereocenters. The summed E-state index contributed by atoms with van der Waals surface area (Å²) in [4.78, 5) is 23.6. The molecule has 1 amide bonds. The fourth-order valence-corrected chi connectivity index (χ4v) is 4.19. The molecule has 0 aliphatic carbocycles. The zero-order chi connectivity index (χ0) is 19.8. The second-order valence-corrected chi connectivity index (χ2v) is 8.61. The minimum Gasteiger partial charge on any atom is -0.459 e. The number of ether oxygens (including phenoxy) is 1. The highest BCUT2D eigenvalue weighted by molar-refractivity contribution is 8.13. The third-order valence-corrected chi connectivity index (χ3v) is 5.88. The van der Waals surface area contributed by atoms with E-state index in [1.165, 1.54) is 6.08 Å². The Balaban J connectivity index is 2.04. The lowest BCUT2D eigenvalue weighted by molar-refractivity contribution is -0.146. The molecule has 0 spiro atoms. The number of aliphatic hydroxyl groups excluding tert-OH is 2. The maximum Gasteiger partial charge on any atom is 0.330 e. The van der Waals surface area contributed by atoms with E-state index in [1.807, 2.05) is 6.92 Å². The molecule has 1 saturated heterocycles. The zero-order valence-corrected chi connectivity index (χ0v) is 16.9. The Morgan fingerprint density at radius 1 is 1.37 bits per heavy atom. The fraction of sp³-hybridized carbons (Fsp3) is 0.700. The van der Waals surface area contributed by atoms with Crippen molar-refractivity contribution >= 4 is 23.0 Å². The Hall–Kier alpha value is -1.31. The Labute approximate surface area is 165 Å². The molecule has 0 aromatic heterocycles. The molecule has 27 heavy (non-hydrogen) atoms. The first-order chi connectivity index (χ1) is 12.8. The van der Waals surface area contributed by atoms with Crippen molar-refractivity contribution in [2.75, 3.05) is 5.75 Å². The predicted octanol–water partition coefficient (Wildman–Crippen LogP) is 2.94. The molecule has 3 N–H and O–H groups in total. The maximum absolute atomic E-state index is 12.2. The van der Waals surface area contributed by atoms with Gasteiger partial charge in [0.1, 0.15) is 6.10 Å². The standard InChI is InChI=1S/C20H31NO5S/c1-13-5-3-4-6-14(2)9-19(24)26-16(10-15(22)8-7-13)11-18(23)17-12-27-20(25)21-17/h3,5,9,13,15-18,22-23H,4,6-8,10-12H2,1-2H3,(H,21,25)/t13-,15-,16-,17+,18?/m1/s1. The number of esters is 1. The van der Waals surface area contributed by atoms with Crippen LogP contribution < -0.4 is 5.32 Å². The van der Waals surface area contributed by atoms with Gasteiger partial charge in [0.25, 0.3) is 5.24 Å². The molecule has 2 aliphatic heterocycles. The van der Waals surface area contributed by atoms with Crippen LogP contribution in [-0.2, 0) is 9.53 Å². The smallest absolute Gasteiger partial charge is 0.330 e. The quantitative estimate of drug-likeness (QED) is 0.501. The molecule has 2 aliphatic rings. The highest BCUT2D eigenvalue weighted by atomic mass is 32.2. The van der Waals surface area contributed by atoms with Crippen molar-refractivity contribution in [1.29, 1.82) is 0 Å².